The first kappa shape index (κ1) is 34.3. The van der Waals surface area contributed by atoms with Gasteiger partial charge in [-0.05, 0) is 98.8 Å². The van der Waals surface area contributed by atoms with E-state index >= 15 is 0 Å². The lowest BCUT2D eigenvalue weighted by Gasteiger charge is -2.28. The number of urea groups is 1. The number of aliphatic hydroxyl groups excluding tert-OH is 1. The van der Waals surface area contributed by atoms with Gasteiger partial charge in [-0.1, -0.05) is 34.1 Å². The van der Waals surface area contributed by atoms with Crippen LogP contribution in [0.25, 0.3) is 0 Å². The number of methoxy groups -OCH3 is 1. The predicted octanol–water partition coefficient (Wildman–Crippen LogP) is 6.07. The van der Waals surface area contributed by atoms with Gasteiger partial charge in [0.15, 0.2) is 17.7 Å². The molecule has 4 rings (SSSR count). The molecule has 0 aromatic heterocycles. The summed E-state index contributed by atoms with van der Waals surface area (Å²) >= 11 is 10.5. The van der Waals surface area contributed by atoms with Gasteiger partial charge in [-0.3, -0.25) is 5.43 Å². The first-order chi connectivity index (χ1) is 21.6. The highest BCUT2D eigenvalue weighted by Crippen LogP contribution is 2.36. The number of hydrogen-bond donors (Lipinski definition) is 4. The lowest BCUT2D eigenvalue weighted by atomic mass is 9.95. The van der Waals surface area contributed by atoms with Gasteiger partial charge < -0.3 is 34.7 Å². The maximum Gasteiger partial charge on any atom is 0.337 e. The van der Waals surface area contributed by atoms with E-state index in [1.165, 1.54) is 7.11 Å². The summed E-state index contributed by atoms with van der Waals surface area (Å²) in [6.07, 6.45) is 0.412. The first-order valence-electron chi connectivity index (χ1n) is 13.7. The molecule has 14 heteroatoms. The molecule has 1 aliphatic heterocycles. The molecule has 3 aromatic carbocycles. The van der Waals surface area contributed by atoms with Gasteiger partial charge in [0.2, 0.25) is 0 Å². The maximum absolute atomic E-state index is 12.4. The van der Waals surface area contributed by atoms with E-state index in [1.807, 2.05) is 43.3 Å². The van der Waals surface area contributed by atoms with Gasteiger partial charge in [0.05, 0.1) is 40.5 Å². The van der Waals surface area contributed by atoms with E-state index in [1.54, 1.807) is 31.3 Å². The Morgan fingerprint density at radius 2 is 1.76 bits per heavy atom. The van der Waals surface area contributed by atoms with Crippen molar-refractivity contribution in [2.75, 3.05) is 20.3 Å². The van der Waals surface area contributed by atoms with Gasteiger partial charge in [-0.15, -0.1) is 0 Å². The van der Waals surface area contributed by atoms with Crippen LogP contribution in [0.4, 0.5) is 4.79 Å². The van der Waals surface area contributed by atoms with Gasteiger partial charge in [-0.25, -0.2) is 9.59 Å². The number of carbonyl (C=O) groups excluding carboxylic acids is 2. The molecule has 0 saturated heterocycles. The monoisotopic (exact) mass is 808 g/mol. The molecule has 0 aliphatic carbocycles. The molecular weight excluding hydrogens is 780 g/mol. The van der Waals surface area contributed by atoms with Crippen LogP contribution in [0.3, 0.4) is 0 Å². The van der Waals surface area contributed by atoms with E-state index in [0.717, 1.165) is 24.5 Å². The summed E-state index contributed by atoms with van der Waals surface area (Å²) < 4.78 is 24.9. The van der Waals surface area contributed by atoms with Crippen LogP contribution in [-0.4, -0.2) is 49.9 Å². The molecule has 2 amide bonds. The Balaban J connectivity index is 1.37. The minimum atomic E-state index is -1.14. The fraction of sp³-hybridized carbons (Fsp3) is 0.258. The number of nitrogens with zero attached hydrogens (tertiary/aromatic N) is 1. The fourth-order valence-electron chi connectivity index (χ4n) is 4.35. The smallest absolute Gasteiger partial charge is 0.337 e. The van der Waals surface area contributed by atoms with E-state index in [9.17, 15) is 14.7 Å². The molecule has 1 heterocycles. The van der Waals surface area contributed by atoms with Crippen LogP contribution in [0, 0.1) is 0 Å². The summed E-state index contributed by atoms with van der Waals surface area (Å²) in [6.45, 7) is 4.03. The number of halogens is 3. The third-order valence-electron chi connectivity index (χ3n) is 6.43. The van der Waals surface area contributed by atoms with Gasteiger partial charge in [0.1, 0.15) is 19.0 Å². The molecule has 45 heavy (non-hydrogen) atoms. The van der Waals surface area contributed by atoms with Crippen molar-refractivity contribution in [3.05, 3.63) is 96.0 Å². The van der Waals surface area contributed by atoms with Crippen molar-refractivity contribution in [1.29, 1.82) is 0 Å². The zero-order chi connectivity index (χ0) is 32.5. The summed E-state index contributed by atoms with van der Waals surface area (Å²) in [4.78, 5) is 24.6. The Hall–Kier alpha value is -3.59. The Morgan fingerprint density at radius 1 is 1.04 bits per heavy atom. The SMILES string of the molecule is CCOc1cc([C@@H]2NC(=O)NC(C)=C2C(=O)OC)ccc1OC[C@H](O)N/N=C\c1cc(Br)c(OCc2ccc(Br)cc2)c(Br)c1. The summed E-state index contributed by atoms with van der Waals surface area (Å²) in [6, 6.07) is 15.4. The van der Waals surface area contributed by atoms with E-state index in [2.05, 4.69) is 69.0 Å². The molecule has 4 N–H and O–H groups in total. The second kappa shape index (κ2) is 16.1. The maximum atomic E-state index is 12.4. The second-order valence-corrected chi connectivity index (χ2v) is 12.3. The number of esters is 1. The van der Waals surface area contributed by atoms with Crippen LogP contribution in [0.15, 0.2) is 84.4 Å². The van der Waals surface area contributed by atoms with Crippen molar-refractivity contribution < 1.29 is 33.6 Å². The number of nitrogens with one attached hydrogen (secondary N) is 3. The summed E-state index contributed by atoms with van der Waals surface area (Å²) in [7, 11) is 1.28. The number of amides is 2. The number of allylic oxidation sites excluding steroid dienone is 1. The Labute approximate surface area is 285 Å². The topological polar surface area (TPSA) is 140 Å². The number of ether oxygens (including phenoxy) is 4. The van der Waals surface area contributed by atoms with E-state index in [4.69, 9.17) is 18.9 Å². The van der Waals surface area contributed by atoms with E-state index in [-0.39, 0.29) is 12.2 Å². The molecule has 0 spiro atoms. The summed E-state index contributed by atoms with van der Waals surface area (Å²) in [5, 5.41) is 19.9. The van der Waals surface area contributed by atoms with Crippen LogP contribution in [0.2, 0.25) is 0 Å². The second-order valence-electron chi connectivity index (χ2n) is 9.64. The molecule has 3 aromatic rings. The number of hydrogen-bond acceptors (Lipinski definition) is 9. The molecule has 0 radical (unpaired) electrons. The first-order valence-corrected chi connectivity index (χ1v) is 16.1. The van der Waals surface area contributed by atoms with Crippen LogP contribution in [-0.2, 0) is 16.1 Å². The largest absolute Gasteiger partial charge is 0.490 e. The number of rotatable bonds is 13. The van der Waals surface area contributed by atoms with Crippen molar-refractivity contribution in [2.45, 2.75) is 32.7 Å². The normalized spacial score (nSPS) is 15.3. The van der Waals surface area contributed by atoms with Crippen LogP contribution < -0.4 is 30.3 Å². The van der Waals surface area contributed by atoms with Gasteiger partial charge in [-0.2, -0.15) is 5.10 Å². The van der Waals surface area contributed by atoms with Gasteiger partial charge in [0.25, 0.3) is 0 Å². The molecule has 0 saturated carbocycles. The molecule has 0 fully saturated rings. The average molecular weight is 811 g/mol. The number of benzene rings is 3. The fourth-order valence-corrected chi connectivity index (χ4v) is 6.06. The Bertz CT molecular complexity index is 1580. The zero-order valence-electron chi connectivity index (χ0n) is 24.5. The predicted molar refractivity (Wildman–Crippen MR) is 179 cm³/mol. The minimum absolute atomic E-state index is 0.149. The average Bonchev–Trinajstić information content (AvgIpc) is 3.00. The highest BCUT2D eigenvalue weighted by Gasteiger charge is 2.32. The van der Waals surface area contributed by atoms with Crippen molar-refractivity contribution in [2.24, 2.45) is 5.10 Å². The Morgan fingerprint density at radius 3 is 2.42 bits per heavy atom. The standard InChI is InChI=1S/C31H31Br3N4O7/c1-4-43-25-13-20(28-27(30(40)42-3)17(2)36-31(41)37-28)7-10-24(25)44-16-26(39)38-35-14-19-11-22(33)29(23(34)12-19)45-15-18-5-8-21(32)9-6-18/h5-14,26,28,38-39H,4,15-16H2,1-3H3,(H2,36,37,41)/b35-14-/t26-,28-/m0/s1. The van der Waals surface area contributed by atoms with Crippen molar-refractivity contribution in [3.8, 4) is 17.2 Å². The van der Waals surface area contributed by atoms with Crippen LogP contribution in [0.1, 0.15) is 36.6 Å². The van der Waals surface area contributed by atoms with Gasteiger partial charge in [0, 0.05) is 10.2 Å². The van der Waals surface area contributed by atoms with Crippen LogP contribution >= 0.6 is 47.8 Å². The number of carbonyl (C=O) groups is 2. The molecule has 0 bridgehead atoms. The summed E-state index contributed by atoms with van der Waals surface area (Å²) in [5.74, 6) is 0.816. The molecular formula is C31H31Br3N4O7. The summed E-state index contributed by atoms with van der Waals surface area (Å²) in [5.41, 5.74) is 5.67. The molecule has 2 atom stereocenters. The zero-order valence-corrected chi connectivity index (χ0v) is 29.3. The van der Waals surface area contributed by atoms with Crippen molar-refractivity contribution in [1.82, 2.24) is 16.1 Å². The minimum Gasteiger partial charge on any atom is -0.490 e. The lowest BCUT2D eigenvalue weighted by Crippen LogP contribution is -2.45. The quantitative estimate of drug-likeness (QED) is 0.0707. The van der Waals surface area contributed by atoms with Gasteiger partial charge >= 0.3 is 12.0 Å². The van der Waals surface area contributed by atoms with E-state index in [0.29, 0.717) is 41.7 Å². The number of aliphatic hydroxyl groups is 1. The Kier molecular flexibility index (Phi) is 12.3. The molecule has 1 aliphatic rings. The highest BCUT2D eigenvalue weighted by molar-refractivity contribution is 9.11. The van der Waals surface area contributed by atoms with E-state index < -0.39 is 24.3 Å². The molecule has 238 valence electrons. The third kappa shape index (κ3) is 9.22. The molecule has 11 nitrogen and oxygen atoms in total. The van der Waals surface area contributed by atoms with Crippen LogP contribution in [0.5, 0.6) is 17.2 Å². The van der Waals surface area contributed by atoms with Crippen molar-refractivity contribution in [3.63, 3.8) is 0 Å². The third-order valence-corrected chi connectivity index (χ3v) is 8.13. The lowest BCUT2D eigenvalue weighted by molar-refractivity contribution is -0.136. The molecule has 0 unspecified atom stereocenters. The van der Waals surface area contributed by atoms with Crippen molar-refractivity contribution >= 4 is 66.0 Å². The number of hydrazone groups is 1. The highest BCUT2D eigenvalue weighted by atomic mass is 79.9.